The van der Waals surface area contributed by atoms with Gasteiger partial charge in [-0.05, 0) is 31.1 Å². The molecule has 12 heavy (non-hydrogen) atoms. The van der Waals surface area contributed by atoms with Crippen molar-refractivity contribution in [3.8, 4) is 0 Å². The molecule has 2 aliphatic carbocycles. The van der Waals surface area contributed by atoms with Gasteiger partial charge in [-0.3, -0.25) is 0 Å². The minimum absolute atomic E-state index is 0.0352. The van der Waals surface area contributed by atoms with Crippen LogP contribution in [0.25, 0.3) is 0 Å². The van der Waals surface area contributed by atoms with Gasteiger partial charge in [0.25, 0.3) is 0 Å². The van der Waals surface area contributed by atoms with Crippen molar-refractivity contribution in [3.63, 3.8) is 0 Å². The molecule has 3 atom stereocenters. The number of hydrogen-bond acceptors (Lipinski definition) is 2. The molecule has 0 spiro atoms. The third kappa shape index (κ3) is 0.826. The standard InChI is InChI=1S/C10H18O2/c1-8(2)7-4-5-9(3,11)6-10(7,8)12/h7,11-12H,4-6H2,1-3H3/t7?,9?,10-/m1/s1. The Labute approximate surface area is 73.6 Å². The molecule has 0 aliphatic heterocycles. The van der Waals surface area contributed by atoms with Crippen LogP contribution in [0.2, 0.25) is 0 Å². The predicted octanol–water partition coefficient (Wildman–Crippen LogP) is 1.31. The van der Waals surface area contributed by atoms with E-state index in [0.717, 1.165) is 12.8 Å². The van der Waals surface area contributed by atoms with Crippen LogP contribution in [0.3, 0.4) is 0 Å². The van der Waals surface area contributed by atoms with Gasteiger partial charge < -0.3 is 10.2 Å². The molecule has 2 fully saturated rings. The third-order valence-electron chi connectivity index (χ3n) is 4.10. The van der Waals surface area contributed by atoms with Crippen molar-refractivity contribution in [2.24, 2.45) is 11.3 Å². The Balaban J connectivity index is 2.21. The zero-order valence-corrected chi connectivity index (χ0v) is 8.09. The number of fused-ring (bicyclic) bond motifs is 1. The van der Waals surface area contributed by atoms with E-state index in [1.165, 1.54) is 0 Å². The average molecular weight is 170 g/mol. The maximum Gasteiger partial charge on any atom is 0.0763 e. The Kier molecular flexibility index (Phi) is 1.33. The maximum absolute atomic E-state index is 10.2. The molecule has 2 unspecified atom stereocenters. The second-order valence-corrected chi connectivity index (χ2v) is 5.41. The first kappa shape index (κ1) is 8.52. The summed E-state index contributed by atoms with van der Waals surface area (Å²) in [5, 5.41) is 20.0. The van der Waals surface area contributed by atoms with Crippen LogP contribution in [0.1, 0.15) is 40.0 Å². The van der Waals surface area contributed by atoms with Gasteiger partial charge in [-0.2, -0.15) is 0 Å². The molecule has 0 bridgehead atoms. The molecule has 0 amide bonds. The summed E-state index contributed by atoms with van der Waals surface area (Å²) in [4.78, 5) is 0. The lowest BCUT2D eigenvalue weighted by atomic mass is 9.84. The van der Waals surface area contributed by atoms with Gasteiger partial charge in [0.15, 0.2) is 0 Å². The third-order valence-corrected chi connectivity index (χ3v) is 4.10. The molecule has 2 aliphatic rings. The van der Waals surface area contributed by atoms with Gasteiger partial charge in [0.2, 0.25) is 0 Å². The van der Waals surface area contributed by atoms with Gasteiger partial charge in [0.1, 0.15) is 0 Å². The van der Waals surface area contributed by atoms with Crippen LogP contribution in [0.5, 0.6) is 0 Å². The van der Waals surface area contributed by atoms with E-state index in [9.17, 15) is 10.2 Å². The Morgan fingerprint density at radius 1 is 1.17 bits per heavy atom. The predicted molar refractivity (Wildman–Crippen MR) is 46.7 cm³/mol. The summed E-state index contributed by atoms with van der Waals surface area (Å²) < 4.78 is 0. The second-order valence-electron chi connectivity index (χ2n) is 5.41. The molecular formula is C10H18O2. The van der Waals surface area contributed by atoms with Crippen molar-refractivity contribution in [2.75, 3.05) is 0 Å². The fraction of sp³-hybridized carbons (Fsp3) is 1.00. The van der Waals surface area contributed by atoms with E-state index < -0.39 is 11.2 Å². The Morgan fingerprint density at radius 2 is 1.75 bits per heavy atom. The molecule has 2 saturated carbocycles. The van der Waals surface area contributed by atoms with E-state index in [1.54, 1.807) is 0 Å². The summed E-state index contributed by atoms with van der Waals surface area (Å²) in [5.74, 6) is 0.422. The van der Waals surface area contributed by atoms with Crippen molar-refractivity contribution < 1.29 is 10.2 Å². The van der Waals surface area contributed by atoms with Crippen LogP contribution in [-0.2, 0) is 0 Å². The van der Waals surface area contributed by atoms with Gasteiger partial charge >= 0.3 is 0 Å². The molecule has 2 heteroatoms. The summed E-state index contributed by atoms with van der Waals surface area (Å²) >= 11 is 0. The highest BCUT2D eigenvalue weighted by atomic mass is 16.3. The fourth-order valence-electron chi connectivity index (χ4n) is 3.02. The molecule has 0 aromatic rings. The molecule has 0 aromatic heterocycles. The van der Waals surface area contributed by atoms with Gasteiger partial charge in [-0.15, -0.1) is 0 Å². The highest BCUT2D eigenvalue weighted by molar-refractivity contribution is 5.22. The zero-order chi connectivity index (χ0) is 9.20. The maximum atomic E-state index is 10.2. The molecule has 0 heterocycles. The lowest BCUT2D eigenvalue weighted by Crippen LogP contribution is -2.36. The SMILES string of the molecule is CC1(O)CCC2C(C)(C)[C@@]2(O)C1. The van der Waals surface area contributed by atoms with Crippen LogP contribution < -0.4 is 0 Å². The van der Waals surface area contributed by atoms with Crippen molar-refractivity contribution in [3.05, 3.63) is 0 Å². The Hall–Kier alpha value is -0.0800. The van der Waals surface area contributed by atoms with Crippen molar-refractivity contribution >= 4 is 0 Å². The molecule has 2 N–H and O–H groups in total. The lowest BCUT2D eigenvalue weighted by Gasteiger charge is -2.31. The van der Waals surface area contributed by atoms with Crippen molar-refractivity contribution in [2.45, 2.75) is 51.2 Å². The second kappa shape index (κ2) is 1.88. The van der Waals surface area contributed by atoms with E-state index >= 15 is 0 Å². The first-order valence-electron chi connectivity index (χ1n) is 4.74. The molecule has 0 aromatic carbocycles. The molecule has 0 radical (unpaired) electrons. The van der Waals surface area contributed by atoms with Crippen LogP contribution in [0.15, 0.2) is 0 Å². The summed E-state index contributed by atoms with van der Waals surface area (Å²) in [5.41, 5.74) is -1.18. The summed E-state index contributed by atoms with van der Waals surface area (Å²) in [6.07, 6.45) is 2.36. The normalized spacial score (nSPS) is 56.2. The summed E-state index contributed by atoms with van der Waals surface area (Å²) in [7, 11) is 0. The molecule has 2 nitrogen and oxygen atoms in total. The zero-order valence-electron chi connectivity index (χ0n) is 8.09. The summed E-state index contributed by atoms with van der Waals surface area (Å²) in [6.45, 7) is 6.02. The van der Waals surface area contributed by atoms with Gasteiger partial charge in [0, 0.05) is 6.42 Å². The topological polar surface area (TPSA) is 40.5 Å². The van der Waals surface area contributed by atoms with Gasteiger partial charge in [0.05, 0.1) is 11.2 Å². The fourth-order valence-corrected chi connectivity index (χ4v) is 3.02. The van der Waals surface area contributed by atoms with Crippen LogP contribution in [0.4, 0.5) is 0 Å². The van der Waals surface area contributed by atoms with E-state index in [0.29, 0.717) is 12.3 Å². The van der Waals surface area contributed by atoms with Gasteiger partial charge in [-0.1, -0.05) is 13.8 Å². The number of aliphatic hydroxyl groups is 2. The highest BCUT2D eigenvalue weighted by Crippen LogP contribution is 2.69. The smallest absolute Gasteiger partial charge is 0.0763 e. The van der Waals surface area contributed by atoms with E-state index in [-0.39, 0.29) is 5.41 Å². The van der Waals surface area contributed by atoms with E-state index in [2.05, 4.69) is 13.8 Å². The van der Waals surface area contributed by atoms with Crippen molar-refractivity contribution in [1.82, 2.24) is 0 Å². The van der Waals surface area contributed by atoms with Crippen LogP contribution in [-0.4, -0.2) is 21.4 Å². The van der Waals surface area contributed by atoms with Gasteiger partial charge in [-0.25, -0.2) is 0 Å². The van der Waals surface area contributed by atoms with Crippen molar-refractivity contribution in [1.29, 1.82) is 0 Å². The Bertz CT molecular complexity index is 220. The average Bonchev–Trinajstić information content (AvgIpc) is 2.23. The summed E-state index contributed by atoms with van der Waals surface area (Å²) in [6, 6.07) is 0. The highest BCUT2D eigenvalue weighted by Gasteiger charge is 2.73. The van der Waals surface area contributed by atoms with Crippen LogP contribution in [0, 0.1) is 11.3 Å². The minimum Gasteiger partial charge on any atom is -0.390 e. The van der Waals surface area contributed by atoms with Crippen LogP contribution >= 0.6 is 0 Å². The molecule has 2 rings (SSSR count). The molecule has 0 saturated heterocycles. The monoisotopic (exact) mass is 170 g/mol. The quantitative estimate of drug-likeness (QED) is 0.575. The first-order chi connectivity index (χ1) is 5.30. The minimum atomic E-state index is -0.640. The largest absolute Gasteiger partial charge is 0.390 e. The van der Waals surface area contributed by atoms with E-state index in [4.69, 9.17) is 0 Å². The Morgan fingerprint density at radius 3 is 2.17 bits per heavy atom. The number of hydrogen-bond donors (Lipinski definition) is 2. The first-order valence-corrected chi connectivity index (χ1v) is 4.74. The lowest BCUT2D eigenvalue weighted by molar-refractivity contribution is -0.0480. The number of rotatable bonds is 0. The van der Waals surface area contributed by atoms with E-state index in [1.807, 2.05) is 6.92 Å². The molecular weight excluding hydrogens is 152 g/mol. The molecule has 70 valence electrons.